The zero-order valence-electron chi connectivity index (χ0n) is 10.7. The Bertz CT molecular complexity index is 522. The molecule has 0 aliphatic rings. The molecular weight excluding hydrogens is 267 g/mol. The number of rotatable bonds is 2. The lowest BCUT2D eigenvalue weighted by molar-refractivity contribution is 0.604. The number of halogens is 2. The van der Waals surface area contributed by atoms with E-state index in [1.54, 1.807) is 23.5 Å². The van der Waals surface area contributed by atoms with Crippen molar-refractivity contribution in [3.8, 4) is 0 Å². The van der Waals surface area contributed by atoms with Gasteiger partial charge in [-0.05, 0) is 35.2 Å². The van der Waals surface area contributed by atoms with Crippen LogP contribution in [0.5, 0.6) is 0 Å². The molecule has 0 radical (unpaired) electrons. The molecule has 18 heavy (non-hydrogen) atoms. The van der Waals surface area contributed by atoms with Crippen molar-refractivity contribution in [1.29, 1.82) is 0 Å². The van der Waals surface area contributed by atoms with E-state index >= 15 is 0 Å². The van der Waals surface area contributed by atoms with Gasteiger partial charge in [-0.3, -0.25) is 0 Å². The van der Waals surface area contributed by atoms with Gasteiger partial charge in [0.15, 0.2) is 0 Å². The second-order valence-electron chi connectivity index (χ2n) is 5.37. The highest BCUT2D eigenvalue weighted by molar-refractivity contribution is 7.12. The van der Waals surface area contributed by atoms with E-state index in [1.807, 2.05) is 0 Å². The SMILES string of the molecule is CC(C)(C)c1ccc(C(Cl)c2ccc(F)cc2)s1. The Balaban J connectivity index is 2.26. The summed E-state index contributed by atoms with van der Waals surface area (Å²) in [7, 11) is 0. The van der Waals surface area contributed by atoms with Gasteiger partial charge in [0.2, 0.25) is 0 Å². The lowest BCUT2D eigenvalue weighted by Crippen LogP contribution is -2.07. The summed E-state index contributed by atoms with van der Waals surface area (Å²) in [5.41, 5.74) is 1.07. The van der Waals surface area contributed by atoms with Gasteiger partial charge in [-0.15, -0.1) is 22.9 Å². The van der Waals surface area contributed by atoms with Gasteiger partial charge in [0, 0.05) is 9.75 Å². The van der Waals surface area contributed by atoms with E-state index in [9.17, 15) is 4.39 Å². The maximum Gasteiger partial charge on any atom is 0.123 e. The van der Waals surface area contributed by atoms with Gasteiger partial charge >= 0.3 is 0 Å². The smallest absolute Gasteiger partial charge is 0.123 e. The summed E-state index contributed by atoms with van der Waals surface area (Å²) in [6.07, 6.45) is 0. The molecule has 0 amide bonds. The molecule has 1 unspecified atom stereocenters. The van der Waals surface area contributed by atoms with Crippen molar-refractivity contribution in [3.05, 3.63) is 57.5 Å². The molecule has 1 aromatic carbocycles. The number of alkyl halides is 1. The molecule has 0 aliphatic heterocycles. The van der Waals surface area contributed by atoms with E-state index in [-0.39, 0.29) is 16.6 Å². The van der Waals surface area contributed by atoms with Crippen LogP contribution in [0.1, 0.15) is 41.5 Å². The Kier molecular flexibility index (Phi) is 3.79. The van der Waals surface area contributed by atoms with Crippen molar-refractivity contribution in [2.45, 2.75) is 31.6 Å². The lowest BCUT2D eigenvalue weighted by Gasteiger charge is -2.15. The van der Waals surface area contributed by atoms with E-state index < -0.39 is 0 Å². The molecule has 2 rings (SSSR count). The zero-order chi connectivity index (χ0) is 13.3. The second-order valence-corrected chi connectivity index (χ2v) is 6.92. The summed E-state index contributed by atoms with van der Waals surface area (Å²) in [5.74, 6) is -0.232. The predicted octanol–water partition coefficient (Wildman–Crippen LogP) is 5.51. The van der Waals surface area contributed by atoms with Gasteiger partial charge in [-0.2, -0.15) is 0 Å². The third-order valence-electron chi connectivity index (χ3n) is 2.78. The maximum atomic E-state index is 12.9. The molecule has 0 spiro atoms. The first-order valence-corrected chi connectivity index (χ1v) is 7.13. The van der Waals surface area contributed by atoms with Crippen molar-refractivity contribution in [1.82, 2.24) is 0 Å². The van der Waals surface area contributed by atoms with Crippen molar-refractivity contribution in [3.63, 3.8) is 0 Å². The van der Waals surface area contributed by atoms with Crippen LogP contribution in [0.2, 0.25) is 0 Å². The Morgan fingerprint density at radius 3 is 2.17 bits per heavy atom. The Morgan fingerprint density at radius 2 is 1.67 bits per heavy atom. The van der Waals surface area contributed by atoms with Crippen LogP contribution in [0, 0.1) is 5.82 Å². The number of hydrogen-bond donors (Lipinski definition) is 0. The minimum atomic E-state index is -0.232. The van der Waals surface area contributed by atoms with E-state index in [4.69, 9.17) is 11.6 Å². The molecule has 0 saturated carbocycles. The van der Waals surface area contributed by atoms with Crippen LogP contribution in [0.25, 0.3) is 0 Å². The second kappa shape index (κ2) is 5.02. The highest BCUT2D eigenvalue weighted by Crippen LogP contribution is 2.37. The van der Waals surface area contributed by atoms with Crippen LogP contribution in [0.3, 0.4) is 0 Å². The highest BCUT2D eigenvalue weighted by Gasteiger charge is 2.19. The summed E-state index contributed by atoms with van der Waals surface area (Å²) in [6, 6.07) is 10.6. The molecular formula is C15H16ClFS. The first-order valence-electron chi connectivity index (χ1n) is 5.87. The fourth-order valence-electron chi connectivity index (χ4n) is 1.69. The van der Waals surface area contributed by atoms with Crippen LogP contribution in [0.4, 0.5) is 4.39 Å². The molecule has 0 aliphatic carbocycles. The van der Waals surface area contributed by atoms with E-state index in [2.05, 4.69) is 32.9 Å². The summed E-state index contributed by atoms with van der Waals surface area (Å²) in [5, 5.41) is -0.202. The van der Waals surface area contributed by atoms with Crippen LogP contribution in [-0.2, 0) is 5.41 Å². The van der Waals surface area contributed by atoms with Crippen molar-refractivity contribution in [2.24, 2.45) is 0 Å². The summed E-state index contributed by atoms with van der Waals surface area (Å²) < 4.78 is 12.9. The molecule has 1 heterocycles. The molecule has 2 aromatic rings. The summed E-state index contributed by atoms with van der Waals surface area (Å²) in [4.78, 5) is 2.42. The largest absolute Gasteiger partial charge is 0.207 e. The topological polar surface area (TPSA) is 0 Å². The maximum absolute atomic E-state index is 12.9. The molecule has 0 N–H and O–H groups in total. The lowest BCUT2D eigenvalue weighted by atomic mass is 9.95. The van der Waals surface area contributed by atoms with Crippen LogP contribution < -0.4 is 0 Å². The monoisotopic (exact) mass is 282 g/mol. The van der Waals surface area contributed by atoms with Gasteiger partial charge in [-0.1, -0.05) is 32.9 Å². The minimum Gasteiger partial charge on any atom is -0.207 e. The minimum absolute atomic E-state index is 0.141. The molecule has 96 valence electrons. The number of hydrogen-bond acceptors (Lipinski definition) is 1. The number of thiophene rings is 1. The third kappa shape index (κ3) is 2.93. The first kappa shape index (κ1) is 13.6. The van der Waals surface area contributed by atoms with Crippen LogP contribution in [0.15, 0.2) is 36.4 Å². The third-order valence-corrected chi connectivity index (χ3v) is 4.97. The highest BCUT2D eigenvalue weighted by atomic mass is 35.5. The molecule has 0 saturated heterocycles. The Morgan fingerprint density at radius 1 is 1.06 bits per heavy atom. The van der Waals surface area contributed by atoms with E-state index in [0.717, 1.165) is 10.4 Å². The van der Waals surface area contributed by atoms with Crippen LogP contribution >= 0.6 is 22.9 Å². The van der Waals surface area contributed by atoms with Gasteiger partial charge < -0.3 is 0 Å². The van der Waals surface area contributed by atoms with E-state index in [0.29, 0.717) is 0 Å². The van der Waals surface area contributed by atoms with Crippen LogP contribution in [-0.4, -0.2) is 0 Å². The summed E-state index contributed by atoms with van der Waals surface area (Å²) in [6.45, 7) is 6.55. The van der Waals surface area contributed by atoms with Gasteiger partial charge in [0.25, 0.3) is 0 Å². The number of benzene rings is 1. The quantitative estimate of drug-likeness (QED) is 0.637. The standard InChI is InChI=1S/C15H16ClFS/c1-15(2,3)13-9-8-12(18-13)14(16)10-4-6-11(17)7-5-10/h4-9,14H,1-3H3. The zero-order valence-corrected chi connectivity index (χ0v) is 12.3. The average molecular weight is 283 g/mol. The summed E-state index contributed by atoms with van der Waals surface area (Å²) >= 11 is 8.16. The first-order chi connectivity index (χ1) is 8.38. The molecule has 0 nitrogen and oxygen atoms in total. The molecule has 1 aromatic heterocycles. The average Bonchev–Trinajstić information content (AvgIpc) is 2.78. The van der Waals surface area contributed by atoms with Crippen molar-refractivity contribution in [2.75, 3.05) is 0 Å². The molecule has 1 atom stereocenters. The van der Waals surface area contributed by atoms with Gasteiger partial charge in [0.05, 0.1) is 5.38 Å². The normalized spacial score (nSPS) is 13.6. The fraction of sp³-hybridized carbons (Fsp3) is 0.333. The molecule has 0 bridgehead atoms. The predicted molar refractivity (Wildman–Crippen MR) is 77.1 cm³/mol. The Labute approximate surface area is 116 Å². The molecule has 0 fully saturated rings. The van der Waals surface area contributed by atoms with Gasteiger partial charge in [0.1, 0.15) is 5.82 Å². The fourth-order valence-corrected chi connectivity index (χ4v) is 3.11. The molecule has 3 heteroatoms. The Hall–Kier alpha value is -0.860. The van der Waals surface area contributed by atoms with Crippen molar-refractivity contribution < 1.29 is 4.39 Å². The van der Waals surface area contributed by atoms with Crippen molar-refractivity contribution >= 4 is 22.9 Å². The van der Waals surface area contributed by atoms with E-state index in [1.165, 1.54) is 17.0 Å². The van der Waals surface area contributed by atoms with Gasteiger partial charge in [-0.25, -0.2) is 4.39 Å².